The Morgan fingerprint density at radius 1 is 1.14 bits per heavy atom. The van der Waals surface area contributed by atoms with Gasteiger partial charge in [-0.15, -0.1) is 0 Å². The predicted molar refractivity (Wildman–Crippen MR) is 69.0 cm³/mol. The molecule has 0 heterocycles. The van der Waals surface area contributed by atoms with Crippen molar-refractivity contribution in [2.24, 2.45) is 0 Å². The summed E-state index contributed by atoms with van der Waals surface area (Å²) in [5.74, 6) is 6.45. The SMILES string of the molecule is C=C(C#CCCCCCC)[Si](C)(C)C. The van der Waals surface area contributed by atoms with Gasteiger partial charge in [-0.3, -0.25) is 0 Å². The van der Waals surface area contributed by atoms with Crippen molar-refractivity contribution < 1.29 is 0 Å². The van der Waals surface area contributed by atoms with Gasteiger partial charge in [0.25, 0.3) is 0 Å². The highest BCUT2D eigenvalue weighted by atomic mass is 28.3. The molecule has 0 unspecified atom stereocenters. The highest BCUT2D eigenvalue weighted by molar-refractivity contribution is 6.83. The van der Waals surface area contributed by atoms with E-state index in [0.29, 0.717) is 0 Å². The van der Waals surface area contributed by atoms with E-state index in [0.717, 1.165) is 6.42 Å². The van der Waals surface area contributed by atoms with Crippen molar-refractivity contribution >= 4 is 8.07 Å². The normalized spacial score (nSPS) is 10.6. The molecule has 0 rings (SSSR count). The zero-order valence-electron chi connectivity index (χ0n) is 10.2. The van der Waals surface area contributed by atoms with E-state index >= 15 is 0 Å². The minimum absolute atomic E-state index is 1.05. The Bertz CT molecular complexity index is 222. The second kappa shape index (κ2) is 6.90. The van der Waals surface area contributed by atoms with Crippen LogP contribution in [-0.2, 0) is 0 Å². The van der Waals surface area contributed by atoms with Crippen LogP contribution in [0.3, 0.4) is 0 Å². The van der Waals surface area contributed by atoms with Crippen LogP contribution in [0.25, 0.3) is 0 Å². The molecule has 0 aliphatic carbocycles. The summed E-state index contributed by atoms with van der Waals surface area (Å²) in [4.78, 5) is 0. The molecule has 0 saturated carbocycles. The topological polar surface area (TPSA) is 0 Å². The maximum Gasteiger partial charge on any atom is 0.0876 e. The first kappa shape index (κ1) is 13.5. The van der Waals surface area contributed by atoms with Crippen LogP contribution in [0.1, 0.15) is 39.0 Å². The first-order valence-corrected chi connectivity index (χ1v) is 9.16. The standard InChI is InChI=1S/C13H24Si/c1-6-7-8-9-10-11-12-13(2)14(3,4)5/h2,6-10H2,1,3-5H3. The van der Waals surface area contributed by atoms with Crippen LogP contribution in [0.5, 0.6) is 0 Å². The molecule has 0 aromatic carbocycles. The van der Waals surface area contributed by atoms with Crippen LogP contribution >= 0.6 is 0 Å². The number of hydrogen-bond donors (Lipinski definition) is 0. The molecule has 0 fully saturated rings. The van der Waals surface area contributed by atoms with Gasteiger partial charge in [0.2, 0.25) is 0 Å². The maximum atomic E-state index is 4.05. The van der Waals surface area contributed by atoms with Crippen molar-refractivity contribution in [3.05, 3.63) is 11.8 Å². The van der Waals surface area contributed by atoms with E-state index in [1.807, 2.05) is 0 Å². The lowest BCUT2D eigenvalue weighted by molar-refractivity contribution is 0.679. The lowest BCUT2D eigenvalue weighted by atomic mass is 10.2. The largest absolute Gasteiger partial charge is 0.0987 e. The summed E-state index contributed by atoms with van der Waals surface area (Å²) in [6, 6.07) is 0. The quantitative estimate of drug-likeness (QED) is 0.357. The number of hydrogen-bond acceptors (Lipinski definition) is 0. The van der Waals surface area contributed by atoms with Crippen molar-refractivity contribution in [1.82, 2.24) is 0 Å². The molecule has 0 aliphatic rings. The minimum Gasteiger partial charge on any atom is -0.0987 e. The van der Waals surface area contributed by atoms with E-state index in [9.17, 15) is 0 Å². The van der Waals surface area contributed by atoms with E-state index < -0.39 is 8.07 Å². The molecule has 14 heavy (non-hydrogen) atoms. The second-order valence-electron chi connectivity index (χ2n) is 4.84. The van der Waals surface area contributed by atoms with Gasteiger partial charge in [0.15, 0.2) is 0 Å². The molecule has 0 atom stereocenters. The van der Waals surface area contributed by atoms with E-state index in [-0.39, 0.29) is 0 Å². The first-order chi connectivity index (χ1) is 6.48. The van der Waals surface area contributed by atoms with Crippen molar-refractivity contribution in [1.29, 1.82) is 0 Å². The van der Waals surface area contributed by atoms with E-state index in [2.05, 4.69) is 45.0 Å². The lowest BCUT2D eigenvalue weighted by Gasteiger charge is -2.13. The molecule has 0 amide bonds. The molecule has 0 bridgehead atoms. The summed E-state index contributed by atoms with van der Waals surface area (Å²) in [5.41, 5.74) is 0. The third-order valence-corrected chi connectivity index (χ3v) is 4.24. The number of rotatable bonds is 5. The van der Waals surface area contributed by atoms with Crippen LogP contribution in [0.15, 0.2) is 11.8 Å². The summed E-state index contributed by atoms with van der Waals surface area (Å²) in [6.45, 7) is 13.2. The average Bonchev–Trinajstić information content (AvgIpc) is 2.09. The molecule has 0 N–H and O–H groups in total. The van der Waals surface area contributed by atoms with Gasteiger partial charge < -0.3 is 0 Å². The van der Waals surface area contributed by atoms with E-state index in [4.69, 9.17) is 0 Å². The van der Waals surface area contributed by atoms with Crippen molar-refractivity contribution in [2.75, 3.05) is 0 Å². The minimum atomic E-state index is -1.20. The summed E-state index contributed by atoms with van der Waals surface area (Å²) in [5, 5.41) is 1.19. The highest BCUT2D eigenvalue weighted by Gasteiger charge is 2.15. The Morgan fingerprint density at radius 3 is 2.29 bits per heavy atom. The Balaban J connectivity index is 3.68. The van der Waals surface area contributed by atoms with Gasteiger partial charge in [-0.2, -0.15) is 0 Å². The highest BCUT2D eigenvalue weighted by Crippen LogP contribution is 2.10. The summed E-state index contributed by atoms with van der Waals surface area (Å²) < 4.78 is 0. The van der Waals surface area contributed by atoms with Gasteiger partial charge in [-0.1, -0.05) is 64.2 Å². The zero-order valence-corrected chi connectivity index (χ0v) is 11.2. The molecule has 80 valence electrons. The van der Waals surface area contributed by atoms with Gasteiger partial charge in [0.05, 0.1) is 8.07 Å². The molecule has 1 heteroatoms. The summed E-state index contributed by atoms with van der Waals surface area (Å²) in [7, 11) is -1.20. The second-order valence-corrected chi connectivity index (χ2v) is 9.94. The van der Waals surface area contributed by atoms with E-state index in [1.54, 1.807) is 0 Å². The van der Waals surface area contributed by atoms with Gasteiger partial charge >= 0.3 is 0 Å². The van der Waals surface area contributed by atoms with Crippen LogP contribution in [0, 0.1) is 11.8 Å². The summed E-state index contributed by atoms with van der Waals surface area (Å²) in [6.07, 6.45) is 6.26. The molecule has 0 aliphatic heterocycles. The Kier molecular flexibility index (Phi) is 6.66. The molecule has 0 spiro atoms. The monoisotopic (exact) mass is 208 g/mol. The van der Waals surface area contributed by atoms with E-state index in [1.165, 1.54) is 30.9 Å². The maximum absolute atomic E-state index is 4.05. The number of allylic oxidation sites excluding steroid dienone is 1. The number of unbranched alkanes of at least 4 members (excludes halogenated alkanes) is 4. The summed E-state index contributed by atoms with van der Waals surface area (Å²) >= 11 is 0. The third-order valence-electron chi connectivity index (χ3n) is 2.30. The fourth-order valence-electron chi connectivity index (χ4n) is 0.997. The average molecular weight is 208 g/mol. The fraction of sp³-hybridized carbons (Fsp3) is 0.692. The molecular weight excluding hydrogens is 184 g/mol. The molecule has 0 radical (unpaired) electrons. The lowest BCUT2D eigenvalue weighted by Crippen LogP contribution is -2.21. The van der Waals surface area contributed by atoms with Crippen LogP contribution in [0.4, 0.5) is 0 Å². The van der Waals surface area contributed by atoms with Gasteiger partial charge in [0.1, 0.15) is 0 Å². The third kappa shape index (κ3) is 6.97. The molecule has 0 saturated heterocycles. The Labute approximate surface area is 90.8 Å². The molecule has 0 aromatic heterocycles. The fourth-order valence-corrected chi connectivity index (χ4v) is 1.46. The molecular formula is C13H24Si. The zero-order chi connectivity index (χ0) is 11.0. The van der Waals surface area contributed by atoms with Crippen molar-refractivity contribution in [2.45, 2.75) is 58.7 Å². The van der Waals surface area contributed by atoms with Crippen LogP contribution < -0.4 is 0 Å². The van der Waals surface area contributed by atoms with Gasteiger partial charge in [-0.05, 0) is 11.6 Å². The Hall–Kier alpha value is -0.483. The molecule has 0 aromatic rings. The first-order valence-electron chi connectivity index (χ1n) is 5.66. The van der Waals surface area contributed by atoms with Crippen molar-refractivity contribution in [3.8, 4) is 11.8 Å². The van der Waals surface area contributed by atoms with Crippen LogP contribution in [-0.4, -0.2) is 8.07 Å². The van der Waals surface area contributed by atoms with Crippen molar-refractivity contribution in [3.63, 3.8) is 0 Å². The Morgan fingerprint density at radius 2 is 1.79 bits per heavy atom. The molecule has 0 nitrogen and oxygen atoms in total. The smallest absolute Gasteiger partial charge is 0.0876 e. The van der Waals surface area contributed by atoms with Crippen LogP contribution in [0.2, 0.25) is 19.6 Å². The predicted octanol–water partition coefficient (Wildman–Crippen LogP) is 4.39. The van der Waals surface area contributed by atoms with Gasteiger partial charge in [0, 0.05) is 6.42 Å². The van der Waals surface area contributed by atoms with Gasteiger partial charge in [-0.25, -0.2) is 0 Å².